The molecule has 0 rings (SSSR count). The van der Waals surface area contributed by atoms with E-state index in [4.69, 9.17) is 15.2 Å². The molecule has 0 aliphatic carbocycles. The molecule has 0 radical (unpaired) electrons. The van der Waals surface area contributed by atoms with Crippen LogP contribution in [0.1, 0.15) is 40.0 Å². The Hall–Kier alpha value is -1.30. The van der Waals surface area contributed by atoms with Gasteiger partial charge in [-0.05, 0) is 46.6 Å². The minimum absolute atomic E-state index is 0.210. The molecule has 0 spiro atoms. The Morgan fingerprint density at radius 2 is 1.94 bits per heavy atom. The fraction of sp³-hybridized carbons (Fsp3) is 0.833. The predicted octanol–water partition coefficient (Wildman–Crippen LogP) is 1.18. The number of hydrogen-bond donors (Lipinski definition) is 2. The first-order valence-electron chi connectivity index (χ1n) is 6.35. The van der Waals surface area contributed by atoms with Crippen LogP contribution < -0.4 is 11.1 Å². The number of carbonyl (C=O) groups excluding carboxylic acids is 2. The Morgan fingerprint density at radius 3 is 2.44 bits per heavy atom. The molecule has 0 aromatic rings. The molecular formula is C12H24N2O4. The van der Waals surface area contributed by atoms with Gasteiger partial charge in [0, 0.05) is 0 Å². The van der Waals surface area contributed by atoms with Crippen molar-refractivity contribution in [2.75, 3.05) is 13.2 Å². The van der Waals surface area contributed by atoms with Gasteiger partial charge in [0.05, 0.1) is 12.7 Å². The van der Waals surface area contributed by atoms with Crippen molar-refractivity contribution in [2.45, 2.75) is 52.2 Å². The van der Waals surface area contributed by atoms with Crippen molar-refractivity contribution in [1.29, 1.82) is 0 Å². The highest BCUT2D eigenvalue weighted by atomic mass is 16.6. The topological polar surface area (TPSA) is 90.6 Å². The Morgan fingerprint density at radius 1 is 1.28 bits per heavy atom. The lowest BCUT2D eigenvalue weighted by Crippen LogP contribution is -2.42. The van der Waals surface area contributed by atoms with Crippen molar-refractivity contribution < 1.29 is 19.1 Å². The molecule has 6 heteroatoms. The summed E-state index contributed by atoms with van der Waals surface area (Å²) in [5.74, 6) is -0.435. The fourth-order valence-corrected chi connectivity index (χ4v) is 1.37. The van der Waals surface area contributed by atoms with Gasteiger partial charge < -0.3 is 20.5 Å². The maximum Gasteiger partial charge on any atom is 0.407 e. The van der Waals surface area contributed by atoms with Crippen molar-refractivity contribution in [3.05, 3.63) is 0 Å². The number of alkyl carbamates (subject to hydrolysis) is 1. The quantitative estimate of drug-likeness (QED) is 0.505. The first kappa shape index (κ1) is 16.7. The number of hydrogen-bond acceptors (Lipinski definition) is 5. The molecule has 106 valence electrons. The second kappa shape index (κ2) is 9.70. The van der Waals surface area contributed by atoms with Gasteiger partial charge in [0.15, 0.2) is 0 Å². The van der Waals surface area contributed by atoms with E-state index >= 15 is 0 Å². The highest BCUT2D eigenvalue weighted by molar-refractivity contribution is 5.81. The lowest BCUT2D eigenvalue weighted by Gasteiger charge is -2.18. The minimum atomic E-state index is -0.669. The third-order valence-electron chi connectivity index (χ3n) is 2.15. The Kier molecular flexibility index (Phi) is 9.00. The second-order valence-electron chi connectivity index (χ2n) is 4.19. The molecule has 3 N–H and O–H groups in total. The summed E-state index contributed by atoms with van der Waals surface area (Å²) in [5.41, 5.74) is 5.39. The molecule has 0 fully saturated rings. The monoisotopic (exact) mass is 260 g/mol. The molecule has 0 aromatic carbocycles. The number of unbranched alkanes of at least 4 members (excludes halogenated alkanes) is 1. The molecule has 1 amide bonds. The first-order chi connectivity index (χ1) is 8.51. The smallest absolute Gasteiger partial charge is 0.407 e. The van der Waals surface area contributed by atoms with Gasteiger partial charge in [0.25, 0.3) is 0 Å². The average molecular weight is 260 g/mol. The highest BCUT2D eigenvalue weighted by Gasteiger charge is 2.23. The zero-order valence-corrected chi connectivity index (χ0v) is 11.4. The molecule has 0 aromatic heterocycles. The Labute approximate surface area is 108 Å². The normalized spacial score (nSPS) is 12.1. The van der Waals surface area contributed by atoms with E-state index in [1.165, 1.54) is 0 Å². The van der Waals surface area contributed by atoms with Crippen molar-refractivity contribution >= 4 is 12.1 Å². The van der Waals surface area contributed by atoms with Crippen LogP contribution in [-0.2, 0) is 14.3 Å². The molecule has 18 heavy (non-hydrogen) atoms. The summed E-state index contributed by atoms with van der Waals surface area (Å²) >= 11 is 0. The number of amides is 1. The predicted molar refractivity (Wildman–Crippen MR) is 68.1 cm³/mol. The maximum atomic E-state index is 11.8. The number of nitrogens with one attached hydrogen (secondary N) is 1. The fourth-order valence-electron chi connectivity index (χ4n) is 1.37. The van der Waals surface area contributed by atoms with E-state index in [1.54, 1.807) is 20.8 Å². The van der Waals surface area contributed by atoms with Crippen molar-refractivity contribution in [3.63, 3.8) is 0 Å². The van der Waals surface area contributed by atoms with Crippen LogP contribution in [0, 0.1) is 0 Å². The zero-order valence-electron chi connectivity index (χ0n) is 11.4. The summed E-state index contributed by atoms with van der Waals surface area (Å²) in [6.07, 6.45) is 1.24. The SMILES string of the molecule is CCOC(=O)N[C@@H](CCCCN)C(=O)OC(C)C. The summed E-state index contributed by atoms with van der Waals surface area (Å²) < 4.78 is 9.83. The van der Waals surface area contributed by atoms with Crippen LogP contribution in [0.4, 0.5) is 4.79 Å². The van der Waals surface area contributed by atoms with E-state index in [-0.39, 0.29) is 12.7 Å². The van der Waals surface area contributed by atoms with E-state index in [9.17, 15) is 9.59 Å². The number of nitrogens with two attached hydrogens (primary N) is 1. The molecule has 0 bridgehead atoms. The van der Waals surface area contributed by atoms with Gasteiger partial charge in [-0.3, -0.25) is 0 Å². The van der Waals surface area contributed by atoms with E-state index in [0.29, 0.717) is 13.0 Å². The van der Waals surface area contributed by atoms with Gasteiger partial charge in [-0.15, -0.1) is 0 Å². The lowest BCUT2D eigenvalue weighted by atomic mass is 10.1. The molecule has 0 aliphatic heterocycles. The van der Waals surface area contributed by atoms with Crippen molar-refractivity contribution in [1.82, 2.24) is 5.32 Å². The molecule has 0 unspecified atom stereocenters. The van der Waals surface area contributed by atoms with E-state index in [0.717, 1.165) is 12.8 Å². The van der Waals surface area contributed by atoms with Crippen LogP contribution in [-0.4, -0.2) is 37.4 Å². The highest BCUT2D eigenvalue weighted by Crippen LogP contribution is 2.05. The summed E-state index contributed by atoms with van der Waals surface area (Å²) in [6, 6.07) is -0.669. The third-order valence-corrected chi connectivity index (χ3v) is 2.15. The molecule has 0 saturated heterocycles. The molecule has 0 heterocycles. The van der Waals surface area contributed by atoms with Crippen molar-refractivity contribution in [3.8, 4) is 0 Å². The molecule has 0 saturated carbocycles. The van der Waals surface area contributed by atoms with Crippen LogP contribution in [0.15, 0.2) is 0 Å². The molecule has 1 atom stereocenters. The van der Waals surface area contributed by atoms with Crippen LogP contribution in [0.5, 0.6) is 0 Å². The summed E-state index contributed by atoms with van der Waals surface area (Å²) in [6.45, 7) is 6.06. The van der Waals surface area contributed by atoms with Gasteiger partial charge in [-0.1, -0.05) is 0 Å². The Bertz CT molecular complexity index is 256. The van der Waals surface area contributed by atoms with Crippen LogP contribution in [0.25, 0.3) is 0 Å². The minimum Gasteiger partial charge on any atom is -0.461 e. The molecule has 6 nitrogen and oxygen atoms in total. The molecule has 0 aliphatic rings. The van der Waals surface area contributed by atoms with Gasteiger partial charge in [-0.25, -0.2) is 9.59 Å². The summed E-state index contributed by atoms with van der Waals surface area (Å²) in [5, 5.41) is 2.51. The average Bonchev–Trinajstić information content (AvgIpc) is 2.27. The largest absolute Gasteiger partial charge is 0.461 e. The zero-order chi connectivity index (χ0) is 14.0. The van der Waals surface area contributed by atoms with Crippen LogP contribution in [0.3, 0.4) is 0 Å². The van der Waals surface area contributed by atoms with E-state index in [2.05, 4.69) is 5.32 Å². The van der Waals surface area contributed by atoms with Gasteiger partial charge in [0.2, 0.25) is 0 Å². The van der Waals surface area contributed by atoms with E-state index in [1.807, 2.05) is 0 Å². The molecular weight excluding hydrogens is 236 g/mol. The van der Waals surface area contributed by atoms with Crippen molar-refractivity contribution in [2.24, 2.45) is 5.73 Å². The van der Waals surface area contributed by atoms with Gasteiger partial charge in [0.1, 0.15) is 6.04 Å². The number of carbonyl (C=O) groups is 2. The number of rotatable bonds is 8. The van der Waals surface area contributed by atoms with Crippen LogP contribution >= 0.6 is 0 Å². The standard InChI is InChI=1S/C12H24N2O4/c1-4-17-12(16)14-10(7-5-6-8-13)11(15)18-9(2)3/h9-10H,4-8,13H2,1-3H3,(H,14,16)/t10-/m0/s1. The van der Waals surface area contributed by atoms with E-state index < -0.39 is 18.1 Å². The maximum absolute atomic E-state index is 11.8. The van der Waals surface area contributed by atoms with Crippen LogP contribution in [0.2, 0.25) is 0 Å². The second-order valence-corrected chi connectivity index (χ2v) is 4.19. The summed E-state index contributed by atoms with van der Waals surface area (Å²) in [4.78, 5) is 23.1. The first-order valence-corrected chi connectivity index (χ1v) is 6.35. The number of ether oxygens (including phenoxy) is 2. The lowest BCUT2D eigenvalue weighted by molar-refractivity contribution is -0.150. The number of esters is 1. The third kappa shape index (κ3) is 7.89. The van der Waals surface area contributed by atoms with Gasteiger partial charge in [-0.2, -0.15) is 0 Å². The summed E-state index contributed by atoms with van der Waals surface area (Å²) in [7, 11) is 0. The van der Waals surface area contributed by atoms with Gasteiger partial charge >= 0.3 is 12.1 Å². The Balaban J connectivity index is 4.31.